The van der Waals surface area contributed by atoms with Gasteiger partial charge in [-0.05, 0) is 19.3 Å². The third-order valence-electron chi connectivity index (χ3n) is 12.0. The fourth-order valence-electron chi connectivity index (χ4n) is 7.86. The van der Waals surface area contributed by atoms with Crippen LogP contribution in [0.3, 0.4) is 0 Å². The summed E-state index contributed by atoms with van der Waals surface area (Å²) in [5, 5.41) is 13.8. The molecule has 2 N–H and O–H groups in total. The predicted octanol–water partition coefficient (Wildman–Crippen LogP) is 14.5. The number of aliphatic hydroxyl groups excluding tert-OH is 1. The van der Waals surface area contributed by atoms with E-state index in [1.807, 2.05) is 27.2 Å². The maximum Gasteiger partial charge on any atom is 0.268 e. The van der Waals surface area contributed by atoms with Gasteiger partial charge >= 0.3 is 0 Å². The summed E-state index contributed by atoms with van der Waals surface area (Å²) >= 11 is 0. The van der Waals surface area contributed by atoms with Crippen molar-refractivity contribution in [1.82, 2.24) is 5.32 Å². The smallest absolute Gasteiger partial charge is 0.268 e. The first kappa shape index (κ1) is 59.2. The number of phosphoric ester groups is 1. The second-order valence-corrected chi connectivity index (χ2v) is 20.7. The number of nitrogens with zero attached hydrogens (tertiary/aromatic N) is 1. The molecule has 9 heteroatoms. The number of amides is 1. The van der Waals surface area contributed by atoms with E-state index in [0.29, 0.717) is 17.4 Å². The lowest BCUT2D eigenvalue weighted by atomic mass is 10.0. The summed E-state index contributed by atoms with van der Waals surface area (Å²) in [6.07, 6.45) is 51.2. The first-order valence-corrected chi connectivity index (χ1v) is 27.5. The molecule has 0 aromatic carbocycles. The number of unbranched alkanes of at least 4 members (excludes halogenated alkanes) is 35. The van der Waals surface area contributed by atoms with Gasteiger partial charge in [-0.25, -0.2) is 0 Å². The third kappa shape index (κ3) is 45.3. The van der Waals surface area contributed by atoms with Crippen molar-refractivity contribution < 1.29 is 32.9 Å². The Morgan fingerprint density at radius 1 is 0.567 bits per heavy atom. The van der Waals surface area contributed by atoms with Crippen LogP contribution in [0, 0.1) is 0 Å². The Labute approximate surface area is 373 Å². The van der Waals surface area contributed by atoms with E-state index in [-0.39, 0.29) is 19.1 Å². The van der Waals surface area contributed by atoms with E-state index in [2.05, 4.69) is 19.2 Å². The van der Waals surface area contributed by atoms with Gasteiger partial charge in [-0.2, -0.15) is 0 Å². The molecule has 0 heterocycles. The van der Waals surface area contributed by atoms with Gasteiger partial charge in [0.2, 0.25) is 5.91 Å². The summed E-state index contributed by atoms with van der Waals surface area (Å²) in [5.41, 5.74) is 0. The van der Waals surface area contributed by atoms with E-state index >= 15 is 0 Å². The minimum atomic E-state index is -4.59. The van der Waals surface area contributed by atoms with Gasteiger partial charge in [-0.1, -0.05) is 244 Å². The van der Waals surface area contributed by atoms with E-state index in [1.54, 1.807) is 6.08 Å². The molecule has 0 saturated heterocycles. The Hall–Kier alpha value is -0.760. The van der Waals surface area contributed by atoms with Crippen molar-refractivity contribution in [2.75, 3.05) is 40.9 Å². The number of nitrogens with one attached hydrogen (secondary N) is 1. The van der Waals surface area contributed by atoms with Gasteiger partial charge in [0.05, 0.1) is 39.9 Å². The van der Waals surface area contributed by atoms with Crippen molar-refractivity contribution in [1.29, 1.82) is 0 Å². The average molecular weight is 871 g/mol. The second-order valence-electron chi connectivity index (χ2n) is 19.2. The van der Waals surface area contributed by atoms with E-state index in [0.717, 1.165) is 38.5 Å². The third-order valence-corrected chi connectivity index (χ3v) is 13.0. The zero-order valence-electron chi connectivity index (χ0n) is 40.7. The molecule has 60 heavy (non-hydrogen) atoms. The molecule has 1 amide bonds. The highest BCUT2D eigenvalue weighted by atomic mass is 31.2. The van der Waals surface area contributed by atoms with E-state index in [1.165, 1.54) is 199 Å². The lowest BCUT2D eigenvalue weighted by molar-refractivity contribution is -0.870. The number of hydrogen-bond acceptors (Lipinski definition) is 6. The van der Waals surface area contributed by atoms with Gasteiger partial charge in [0.15, 0.2) is 0 Å². The fraction of sp³-hybridized carbons (Fsp3) is 0.941. The number of hydrogen-bond donors (Lipinski definition) is 2. The Bertz CT molecular complexity index is 989. The van der Waals surface area contributed by atoms with Crippen LogP contribution in [0.4, 0.5) is 0 Å². The molecular weight excluding hydrogens is 768 g/mol. The molecule has 0 aromatic rings. The zero-order chi connectivity index (χ0) is 44.3. The van der Waals surface area contributed by atoms with Crippen LogP contribution in [0.15, 0.2) is 12.2 Å². The fourth-order valence-corrected chi connectivity index (χ4v) is 8.58. The molecule has 0 bridgehead atoms. The van der Waals surface area contributed by atoms with Gasteiger partial charge in [-0.15, -0.1) is 0 Å². The van der Waals surface area contributed by atoms with Crippen molar-refractivity contribution in [2.45, 2.75) is 270 Å². The molecule has 358 valence electrons. The van der Waals surface area contributed by atoms with Crippen molar-refractivity contribution in [3.05, 3.63) is 12.2 Å². The topological polar surface area (TPSA) is 108 Å². The SMILES string of the molecule is CCCCCCCCCCCCCCCC/C=C/C(O)C(COP(=O)([O-])OCC[N+](C)(C)C)NC(=O)CCCCCCCCCCCCCCCCCCCCCCCC. The number of phosphoric acid groups is 1. The predicted molar refractivity (Wildman–Crippen MR) is 256 cm³/mol. The van der Waals surface area contributed by atoms with E-state index < -0.39 is 20.0 Å². The molecule has 8 nitrogen and oxygen atoms in total. The highest BCUT2D eigenvalue weighted by Gasteiger charge is 2.23. The molecular formula is C51H103N2O6P. The van der Waals surface area contributed by atoms with Gasteiger partial charge in [-0.3, -0.25) is 9.36 Å². The molecule has 0 fully saturated rings. The molecule has 0 aliphatic heterocycles. The number of quaternary nitrogens is 1. The Morgan fingerprint density at radius 3 is 1.25 bits per heavy atom. The quantitative estimate of drug-likeness (QED) is 0.0273. The van der Waals surface area contributed by atoms with Crippen LogP contribution in [-0.4, -0.2) is 68.5 Å². The summed E-state index contributed by atoms with van der Waals surface area (Å²) in [6.45, 7) is 4.68. The van der Waals surface area contributed by atoms with Crippen molar-refractivity contribution in [3.63, 3.8) is 0 Å². The molecule has 3 atom stereocenters. The first-order chi connectivity index (χ1) is 29.0. The van der Waals surface area contributed by atoms with Gasteiger partial charge in [0.25, 0.3) is 7.82 Å². The van der Waals surface area contributed by atoms with Crippen LogP contribution in [0.25, 0.3) is 0 Å². The summed E-state index contributed by atoms with van der Waals surface area (Å²) in [6, 6.07) is -0.880. The summed E-state index contributed by atoms with van der Waals surface area (Å²) in [4.78, 5) is 25.4. The summed E-state index contributed by atoms with van der Waals surface area (Å²) in [5.74, 6) is -0.192. The minimum Gasteiger partial charge on any atom is -0.756 e. The minimum absolute atomic E-state index is 0.00244. The van der Waals surface area contributed by atoms with Crippen LogP contribution in [0.1, 0.15) is 258 Å². The van der Waals surface area contributed by atoms with Crippen molar-refractivity contribution >= 4 is 13.7 Å². The Morgan fingerprint density at radius 2 is 0.900 bits per heavy atom. The van der Waals surface area contributed by atoms with Gasteiger partial charge < -0.3 is 28.8 Å². The highest BCUT2D eigenvalue weighted by molar-refractivity contribution is 7.45. The molecule has 0 saturated carbocycles. The number of carbonyl (C=O) groups excluding carboxylic acids is 1. The number of rotatable bonds is 48. The summed E-state index contributed by atoms with van der Waals surface area (Å²) in [7, 11) is 1.27. The average Bonchev–Trinajstić information content (AvgIpc) is 3.20. The van der Waals surface area contributed by atoms with Crippen LogP contribution in [0.2, 0.25) is 0 Å². The Balaban J connectivity index is 4.23. The highest BCUT2D eigenvalue weighted by Crippen LogP contribution is 2.38. The van der Waals surface area contributed by atoms with Crippen LogP contribution in [-0.2, 0) is 18.4 Å². The number of carbonyl (C=O) groups is 1. The second kappa shape index (κ2) is 43.5. The van der Waals surface area contributed by atoms with E-state index in [4.69, 9.17) is 9.05 Å². The maximum absolute atomic E-state index is 12.9. The summed E-state index contributed by atoms with van der Waals surface area (Å²) < 4.78 is 23.3. The number of allylic oxidation sites excluding steroid dienone is 1. The monoisotopic (exact) mass is 871 g/mol. The van der Waals surface area contributed by atoms with Crippen molar-refractivity contribution in [3.8, 4) is 0 Å². The lowest BCUT2D eigenvalue weighted by Gasteiger charge is -2.29. The number of aliphatic hydroxyl groups is 1. The normalized spacial score (nSPS) is 14.2. The van der Waals surface area contributed by atoms with E-state index in [9.17, 15) is 19.4 Å². The molecule has 3 unspecified atom stereocenters. The molecule has 0 spiro atoms. The molecule has 0 aliphatic carbocycles. The molecule has 0 radical (unpaired) electrons. The molecule has 0 aliphatic rings. The zero-order valence-corrected chi connectivity index (χ0v) is 41.6. The Kier molecular flexibility index (Phi) is 42.9. The first-order valence-electron chi connectivity index (χ1n) is 26.1. The van der Waals surface area contributed by atoms with Gasteiger partial charge in [0, 0.05) is 6.42 Å². The largest absolute Gasteiger partial charge is 0.756 e. The van der Waals surface area contributed by atoms with Crippen molar-refractivity contribution in [2.24, 2.45) is 0 Å². The van der Waals surface area contributed by atoms with Gasteiger partial charge in [0.1, 0.15) is 13.2 Å². The maximum atomic E-state index is 12.9. The number of likely N-dealkylation sites (N-methyl/N-ethyl adjacent to an activating group) is 1. The standard InChI is InChI=1S/C51H103N2O6P/c1-6-8-10-12-14-16-18-20-22-24-25-26-27-28-29-31-33-35-37-39-41-43-45-51(55)52-49(48-59-60(56,57)58-47-46-53(3,4)5)50(54)44-42-40-38-36-34-32-30-23-21-19-17-15-13-11-9-7-2/h42,44,49-50,54H,6-41,43,45-48H2,1-5H3,(H-,52,55,56,57)/b44-42+. The lowest BCUT2D eigenvalue weighted by Crippen LogP contribution is -2.45. The van der Waals surface area contributed by atoms with Crippen LogP contribution in [0.5, 0.6) is 0 Å². The van der Waals surface area contributed by atoms with Crippen LogP contribution >= 0.6 is 7.82 Å². The molecule has 0 aromatic heterocycles. The van der Waals surface area contributed by atoms with Crippen LogP contribution < -0.4 is 10.2 Å². The molecule has 0 rings (SSSR count).